The second-order valence-corrected chi connectivity index (χ2v) is 7.61. The molecule has 6 heteroatoms. The summed E-state index contributed by atoms with van der Waals surface area (Å²) in [6.07, 6.45) is 2.69. The van der Waals surface area contributed by atoms with Crippen molar-refractivity contribution in [3.05, 3.63) is 53.3 Å². The molecule has 0 aliphatic rings. The number of carboxylic acids is 1. The summed E-state index contributed by atoms with van der Waals surface area (Å²) in [6.45, 7) is 6.04. The van der Waals surface area contributed by atoms with Crippen LogP contribution in [0.1, 0.15) is 55.2 Å². The van der Waals surface area contributed by atoms with Crippen LogP contribution in [-0.4, -0.2) is 32.8 Å². The minimum absolute atomic E-state index is 0.0109. The number of aliphatic carboxylic acids is 1. The van der Waals surface area contributed by atoms with E-state index in [1.807, 2.05) is 51.1 Å². The van der Waals surface area contributed by atoms with Gasteiger partial charge < -0.3 is 10.4 Å². The van der Waals surface area contributed by atoms with E-state index in [0.29, 0.717) is 18.4 Å². The van der Waals surface area contributed by atoms with E-state index in [1.54, 1.807) is 17.9 Å². The Morgan fingerprint density at radius 2 is 1.88 bits per heavy atom. The first-order valence-corrected chi connectivity index (χ1v) is 8.77. The van der Waals surface area contributed by atoms with Crippen LogP contribution in [0.3, 0.4) is 0 Å². The normalized spacial score (nSPS) is 12.6. The molecule has 1 unspecified atom stereocenters. The molecule has 1 amide bonds. The molecule has 0 fully saturated rings. The van der Waals surface area contributed by atoms with Gasteiger partial charge in [0.15, 0.2) is 0 Å². The van der Waals surface area contributed by atoms with Crippen molar-refractivity contribution in [1.82, 2.24) is 15.1 Å². The predicted molar refractivity (Wildman–Crippen MR) is 100 cm³/mol. The number of carbonyl (C=O) groups excluding carboxylic acids is 1. The van der Waals surface area contributed by atoms with Crippen molar-refractivity contribution in [2.45, 2.75) is 51.5 Å². The molecule has 2 N–H and O–H groups in total. The maximum atomic E-state index is 12.9. The SMILES string of the molecule is Cn1cc(C(=O)NC(CCC(=O)O)Cc2ccccc2)c(C(C)(C)C)n1. The smallest absolute Gasteiger partial charge is 0.303 e. The summed E-state index contributed by atoms with van der Waals surface area (Å²) < 4.78 is 1.64. The summed E-state index contributed by atoms with van der Waals surface area (Å²) in [4.78, 5) is 23.8. The minimum Gasteiger partial charge on any atom is -0.481 e. The maximum absolute atomic E-state index is 12.9. The Hall–Kier alpha value is -2.63. The number of carbonyl (C=O) groups is 2. The summed E-state index contributed by atoms with van der Waals surface area (Å²) in [5.41, 5.74) is 2.07. The van der Waals surface area contributed by atoms with Gasteiger partial charge in [-0.25, -0.2) is 0 Å². The van der Waals surface area contributed by atoms with Crippen LogP contribution in [0.2, 0.25) is 0 Å². The van der Waals surface area contributed by atoms with Crippen molar-refractivity contribution in [2.75, 3.05) is 0 Å². The summed E-state index contributed by atoms with van der Waals surface area (Å²) in [7, 11) is 1.79. The first-order valence-electron chi connectivity index (χ1n) is 8.77. The van der Waals surface area contributed by atoms with Crippen LogP contribution < -0.4 is 5.32 Å². The molecule has 140 valence electrons. The maximum Gasteiger partial charge on any atom is 0.303 e. The van der Waals surface area contributed by atoms with E-state index in [0.717, 1.165) is 11.3 Å². The molecule has 1 heterocycles. The van der Waals surface area contributed by atoms with Gasteiger partial charge in [0.2, 0.25) is 0 Å². The number of aromatic nitrogens is 2. The number of aryl methyl sites for hydroxylation is 1. The average molecular weight is 357 g/mol. The molecule has 0 aliphatic carbocycles. The zero-order valence-corrected chi connectivity index (χ0v) is 15.8. The summed E-state index contributed by atoms with van der Waals surface area (Å²) >= 11 is 0. The molecule has 1 aromatic heterocycles. The average Bonchev–Trinajstić information content (AvgIpc) is 2.96. The third-order valence-corrected chi connectivity index (χ3v) is 4.15. The van der Waals surface area contributed by atoms with E-state index in [1.165, 1.54) is 0 Å². The van der Waals surface area contributed by atoms with E-state index in [4.69, 9.17) is 5.11 Å². The largest absolute Gasteiger partial charge is 0.481 e. The van der Waals surface area contributed by atoms with Crippen LogP contribution in [0, 0.1) is 0 Å². The zero-order valence-electron chi connectivity index (χ0n) is 15.8. The quantitative estimate of drug-likeness (QED) is 0.798. The van der Waals surface area contributed by atoms with E-state index >= 15 is 0 Å². The summed E-state index contributed by atoms with van der Waals surface area (Å²) in [6, 6.07) is 9.50. The first-order chi connectivity index (χ1) is 12.2. The van der Waals surface area contributed by atoms with Crippen LogP contribution in [0.4, 0.5) is 0 Å². The molecule has 0 saturated carbocycles. The molecule has 0 bridgehead atoms. The number of hydrogen-bond donors (Lipinski definition) is 2. The number of amides is 1. The van der Waals surface area contributed by atoms with Crippen molar-refractivity contribution in [3.8, 4) is 0 Å². The van der Waals surface area contributed by atoms with Crippen molar-refractivity contribution in [2.24, 2.45) is 7.05 Å². The highest BCUT2D eigenvalue weighted by molar-refractivity contribution is 5.95. The van der Waals surface area contributed by atoms with Crippen LogP contribution in [0.25, 0.3) is 0 Å². The molecule has 0 spiro atoms. The van der Waals surface area contributed by atoms with E-state index < -0.39 is 5.97 Å². The van der Waals surface area contributed by atoms with Gasteiger partial charge in [-0.1, -0.05) is 51.1 Å². The van der Waals surface area contributed by atoms with Gasteiger partial charge in [-0.3, -0.25) is 14.3 Å². The van der Waals surface area contributed by atoms with Gasteiger partial charge >= 0.3 is 5.97 Å². The Morgan fingerprint density at radius 1 is 1.23 bits per heavy atom. The molecule has 1 aromatic carbocycles. The van der Waals surface area contributed by atoms with Gasteiger partial charge in [-0.05, 0) is 18.4 Å². The molecule has 0 saturated heterocycles. The van der Waals surface area contributed by atoms with Gasteiger partial charge in [0, 0.05) is 31.1 Å². The second kappa shape index (κ2) is 8.17. The fourth-order valence-corrected chi connectivity index (χ4v) is 2.89. The third-order valence-electron chi connectivity index (χ3n) is 4.15. The van der Waals surface area contributed by atoms with Gasteiger partial charge in [-0.15, -0.1) is 0 Å². The molecule has 0 aliphatic heterocycles. The van der Waals surface area contributed by atoms with Crippen LogP contribution in [-0.2, 0) is 23.7 Å². The Morgan fingerprint density at radius 3 is 2.46 bits per heavy atom. The number of rotatable bonds is 7. The molecule has 0 radical (unpaired) electrons. The second-order valence-electron chi connectivity index (χ2n) is 7.61. The predicted octanol–water partition coefficient (Wildman–Crippen LogP) is 2.92. The third kappa shape index (κ3) is 5.44. The number of nitrogens with zero attached hydrogens (tertiary/aromatic N) is 2. The number of nitrogens with one attached hydrogen (secondary N) is 1. The highest BCUT2D eigenvalue weighted by Gasteiger charge is 2.27. The molecule has 1 atom stereocenters. The Labute approximate surface area is 154 Å². The van der Waals surface area contributed by atoms with Crippen LogP contribution in [0.5, 0.6) is 0 Å². The number of carboxylic acid groups (broad SMARTS) is 1. The van der Waals surface area contributed by atoms with Gasteiger partial charge in [0.25, 0.3) is 5.91 Å². The Balaban J connectivity index is 2.19. The summed E-state index contributed by atoms with van der Waals surface area (Å²) in [5.74, 6) is -1.08. The lowest BCUT2D eigenvalue weighted by molar-refractivity contribution is -0.137. The van der Waals surface area contributed by atoms with E-state index in [-0.39, 0.29) is 23.8 Å². The van der Waals surface area contributed by atoms with E-state index in [2.05, 4.69) is 10.4 Å². The molecular weight excluding hydrogens is 330 g/mol. The Kier molecular flexibility index (Phi) is 6.18. The Bertz CT molecular complexity index is 760. The molecule has 2 aromatic rings. The molecule has 6 nitrogen and oxygen atoms in total. The highest BCUT2D eigenvalue weighted by Crippen LogP contribution is 2.24. The van der Waals surface area contributed by atoms with Crippen molar-refractivity contribution >= 4 is 11.9 Å². The highest BCUT2D eigenvalue weighted by atomic mass is 16.4. The standard InChI is InChI=1S/C20H27N3O3/c1-20(2,3)18-16(13-23(4)22-18)19(26)21-15(10-11-17(24)25)12-14-8-6-5-7-9-14/h5-9,13,15H,10-12H2,1-4H3,(H,21,26)(H,24,25). The fourth-order valence-electron chi connectivity index (χ4n) is 2.89. The monoisotopic (exact) mass is 357 g/mol. The lowest BCUT2D eigenvalue weighted by Gasteiger charge is -2.21. The number of benzene rings is 1. The first kappa shape index (κ1) is 19.7. The van der Waals surface area contributed by atoms with Crippen LogP contribution >= 0.6 is 0 Å². The van der Waals surface area contributed by atoms with E-state index in [9.17, 15) is 9.59 Å². The lowest BCUT2D eigenvalue weighted by Crippen LogP contribution is -2.37. The number of hydrogen-bond acceptors (Lipinski definition) is 3. The van der Waals surface area contributed by atoms with Crippen molar-refractivity contribution in [1.29, 1.82) is 0 Å². The minimum atomic E-state index is -0.867. The molecule has 2 rings (SSSR count). The molecular formula is C20H27N3O3. The lowest BCUT2D eigenvalue weighted by atomic mass is 9.89. The van der Waals surface area contributed by atoms with Gasteiger partial charge in [0.05, 0.1) is 11.3 Å². The zero-order chi connectivity index (χ0) is 19.3. The van der Waals surface area contributed by atoms with Crippen molar-refractivity contribution < 1.29 is 14.7 Å². The molecule has 26 heavy (non-hydrogen) atoms. The summed E-state index contributed by atoms with van der Waals surface area (Å²) in [5, 5.41) is 16.4. The van der Waals surface area contributed by atoms with Crippen LogP contribution in [0.15, 0.2) is 36.5 Å². The topological polar surface area (TPSA) is 84.2 Å². The van der Waals surface area contributed by atoms with Crippen molar-refractivity contribution in [3.63, 3.8) is 0 Å². The van der Waals surface area contributed by atoms with Gasteiger partial charge in [-0.2, -0.15) is 5.10 Å². The van der Waals surface area contributed by atoms with Gasteiger partial charge in [0.1, 0.15) is 0 Å². The fraction of sp³-hybridized carbons (Fsp3) is 0.450.